The van der Waals surface area contributed by atoms with Crippen molar-refractivity contribution in [1.29, 1.82) is 0 Å². The number of sulfone groups is 1. The summed E-state index contributed by atoms with van der Waals surface area (Å²) in [6.45, 7) is 3.57. The van der Waals surface area contributed by atoms with Crippen molar-refractivity contribution in [3.05, 3.63) is 28.0 Å². The third kappa shape index (κ3) is 3.98. The van der Waals surface area contributed by atoms with Crippen molar-refractivity contribution in [3.8, 4) is 0 Å². The summed E-state index contributed by atoms with van der Waals surface area (Å²) in [5.74, 6) is -1.48. The molecule has 1 amide bonds. The smallest absolute Gasteiger partial charge is 0.257 e. The van der Waals surface area contributed by atoms with E-state index in [2.05, 4.69) is 21.2 Å². The number of carbonyl (C=O) groups is 1. The molecule has 0 saturated carbocycles. The van der Waals surface area contributed by atoms with E-state index in [-0.39, 0.29) is 24.0 Å². The molecule has 0 spiro atoms. The Hall–Kier alpha value is -0.700. The molecule has 124 valence electrons. The Kier molecular flexibility index (Phi) is 6.37. The van der Waals surface area contributed by atoms with Gasteiger partial charge in [0.1, 0.15) is 4.90 Å². The molecule has 0 aromatic heterocycles. The summed E-state index contributed by atoms with van der Waals surface area (Å²) < 4.78 is 38.0. The molecule has 1 aliphatic rings. The topological polar surface area (TPSA) is 66.5 Å². The lowest BCUT2D eigenvalue weighted by Gasteiger charge is -2.34. The van der Waals surface area contributed by atoms with Gasteiger partial charge in [0.15, 0.2) is 15.7 Å². The molecule has 1 atom stereocenters. The quantitative estimate of drug-likeness (QED) is 0.800. The van der Waals surface area contributed by atoms with E-state index in [1.807, 2.05) is 6.92 Å². The van der Waals surface area contributed by atoms with Crippen molar-refractivity contribution in [2.45, 2.75) is 17.9 Å². The number of carbonyl (C=O) groups excluding carboxylic acids is 1. The molecule has 9 heteroatoms. The largest absolute Gasteiger partial charge is 0.333 e. The average molecular weight is 416 g/mol. The van der Waals surface area contributed by atoms with Gasteiger partial charge in [-0.2, -0.15) is 0 Å². The van der Waals surface area contributed by atoms with Gasteiger partial charge in [-0.05, 0) is 19.1 Å². The molecule has 1 saturated heterocycles. The predicted molar refractivity (Wildman–Crippen MR) is 87.8 cm³/mol. The second-order valence-electron chi connectivity index (χ2n) is 5.09. The van der Waals surface area contributed by atoms with Gasteiger partial charge in [-0.1, -0.05) is 15.9 Å². The summed E-state index contributed by atoms with van der Waals surface area (Å²) in [5, 5.41) is 3.14. The van der Waals surface area contributed by atoms with Crippen molar-refractivity contribution in [1.82, 2.24) is 10.2 Å². The van der Waals surface area contributed by atoms with Crippen LogP contribution in [0, 0.1) is 5.82 Å². The van der Waals surface area contributed by atoms with E-state index in [1.54, 1.807) is 4.90 Å². The van der Waals surface area contributed by atoms with Crippen LogP contribution in [0.2, 0.25) is 0 Å². The van der Waals surface area contributed by atoms with E-state index in [0.717, 1.165) is 6.26 Å². The Morgan fingerprint density at radius 2 is 2.09 bits per heavy atom. The molecule has 1 aromatic carbocycles. The van der Waals surface area contributed by atoms with Gasteiger partial charge in [0, 0.05) is 36.4 Å². The molecule has 5 nitrogen and oxygen atoms in total. The first-order valence-electron chi connectivity index (χ1n) is 6.42. The molecule has 1 unspecified atom stereocenters. The Labute approximate surface area is 143 Å². The van der Waals surface area contributed by atoms with Crippen LogP contribution in [0.1, 0.15) is 17.3 Å². The summed E-state index contributed by atoms with van der Waals surface area (Å²) in [6, 6.07) is 2.41. The molecule has 1 fully saturated rings. The third-order valence-electron chi connectivity index (χ3n) is 3.40. The van der Waals surface area contributed by atoms with Gasteiger partial charge in [-0.25, -0.2) is 12.8 Å². The number of piperazine rings is 1. The minimum atomic E-state index is -3.74. The lowest BCUT2D eigenvalue weighted by molar-refractivity contribution is 0.0650. The number of hydrogen-bond acceptors (Lipinski definition) is 4. The number of nitrogens with one attached hydrogen (secondary N) is 1. The van der Waals surface area contributed by atoms with Gasteiger partial charge >= 0.3 is 0 Å². The van der Waals surface area contributed by atoms with Crippen molar-refractivity contribution >= 4 is 44.1 Å². The van der Waals surface area contributed by atoms with Crippen LogP contribution in [0.25, 0.3) is 0 Å². The fourth-order valence-electron chi connectivity index (χ4n) is 2.29. The maximum atomic E-state index is 14.4. The Morgan fingerprint density at radius 3 is 2.64 bits per heavy atom. The highest BCUT2D eigenvalue weighted by Crippen LogP contribution is 2.25. The molecule has 1 aliphatic heterocycles. The number of halogens is 3. The zero-order valence-corrected chi connectivity index (χ0v) is 15.3. The molecular weight excluding hydrogens is 399 g/mol. The van der Waals surface area contributed by atoms with E-state index in [1.165, 1.54) is 12.1 Å². The molecule has 0 bridgehead atoms. The zero-order valence-electron chi connectivity index (χ0n) is 12.1. The van der Waals surface area contributed by atoms with Crippen molar-refractivity contribution in [2.75, 3.05) is 25.9 Å². The van der Waals surface area contributed by atoms with Crippen LogP contribution in [0.4, 0.5) is 4.39 Å². The van der Waals surface area contributed by atoms with Crippen LogP contribution in [-0.2, 0) is 9.84 Å². The lowest BCUT2D eigenvalue weighted by Crippen LogP contribution is -2.52. The standard InChI is InChI=1S/C13H16BrFN2O3S.ClH/c1-8-7-16-3-4-17(8)13(18)10-5-9(14)6-11(12(10)15)21(2,19)20;/h5-6,8,16H,3-4,7H2,1-2H3;1H. The van der Waals surface area contributed by atoms with Crippen LogP contribution in [0.3, 0.4) is 0 Å². The highest BCUT2D eigenvalue weighted by molar-refractivity contribution is 9.10. The predicted octanol–water partition coefficient (Wildman–Crippen LogP) is 1.85. The van der Waals surface area contributed by atoms with Crippen LogP contribution in [-0.4, -0.2) is 51.2 Å². The summed E-state index contributed by atoms with van der Waals surface area (Å²) in [6.07, 6.45) is 0.916. The van der Waals surface area contributed by atoms with Gasteiger partial charge in [0.05, 0.1) is 5.56 Å². The van der Waals surface area contributed by atoms with Crippen molar-refractivity contribution in [3.63, 3.8) is 0 Å². The van der Waals surface area contributed by atoms with Crippen LogP contribution in [0.15, 0.2) is 21.5 Å². The molecule has 0 radical (unpaired) electrons. The third-order valence-corrected chi connectivity index (χ3v) is 4.95. The molecule has 22 heavy (non-hydrogen) atoms. The number of benzene rings is 1. The average Bonchev–Trinajstić information content (AvgIpc) is 2.39. The van der Waals surface area contributed by atoms with Crippen LogP contribution < -0.4 is 5.32 Å². The minimum absolute atomic E-state index is 0. The first-order chi connectivity index (χ1) is 9.71. The van der Waals surface area contributed by atoms with Gasteiger partial charge in [0.2, 0.25) is 0 Å². The van der Waals surface area contributed by atoms with Gasteiger partial charge in [-0.3, -0.25) is 4.79 Å². The number of nitrogens with zero attached hydrogens (tertiary/aromatic N) is 1. The summed E-state index contributed by atoms with van der Waals surface area (Å²) >= 11 is 3.13. The molecule has 1 N–H and O–H groups in total. The van der Waals surface area contributed by atoms with Crippen molar-refractivity contribution in [2.24, 2.45) is 0 Å². The molecule has 0 aliphatic carbocycles. The van der Waals surface area contributed by atoms with Gasteiger partial charge < -0.3 is 10.2 Å². The highest BCUT2D eigenvalue weighted by Gasteiger charge is 2.29. The van der Waals surface area contributed by atoms with E-state index in [9.17, 15) is 17.6 Å². The Balaban J connectivity index is 0.00000242. The lowest BCUT2D eigenvalue weighted by atomic mass is 10.1. The maximum Gasteiger partial charge on any atom is 0.257 e. The van der Waals surface area contributed by atoms with Crippen LogP contribution >= 0.6 is 28.3 Å². The number of hydrogen-bond donors (Lipinski definition) is 1. The van der Waals surface area contributed by atoms with Gasteiger partial charge in [-0.15, -0.1) is 12.4 Å². The Bertz CT molecular complexity index is 684. The second-order valence-corrected chi connectivity index (χ2v) is 7.99. The number of amides is 1. The summed E-state index contributed by atoms with van der Waals surface area (Å²) in [7, 11) is -3.74. The van der Waals surface area contributed by atoms with E-state index < -0.39 is 26.5 Å². The fraction of sp³-hybridized carbons (Fsp3) is 0.462. The molecule has 2 rings (SSSR count). The Morgan fingerprint density at radius 1 is 1.45 bits per heavy atom. The molecule has 1 heterocycles. The number of rotatable bonds is 2. The monoisotopic (exact) mass is 414 g/mol. The minimum Gasteiger partial charge on any atom is -0.333 e. The fourth-order valence-corrected chi connectivity index (χ4v) is 3.67. The van der Waals surface area contributed by atoms with E-state index in [4.69, 9.17) is 0 Å². The maximum absolute atomic E-state index is 14.4. The van der Waals surface area contributed by atoms with E-state index in [0.29, 0.717) is 24.1 Å². The van der Waals surface area contributed by atoms with Crippen LogP contribution in [0.5, 0.6) is 0 Å². The SMILES string of the molecule is CC1CNCCN1C(=O)c1cc(Br)cc(S(C)(=O)=O)c1F.Cl. The molecule has 1 aromatic rings. The highest BCUT2D eigenvalue weighted by atomic mass is 79.9. The normalized spacial score (nSPS) is 18.7. The summed E-state index contributed by atoms with van der Waals surface area (Å²) in [5.41, 5.74) is -0.224. The molecular formula is C13H17BrClFN2O3S. The first-order valence-corrected chi connectivity index (χ1v) is 9.11. The van der Waals surface area contributed by atoms with Crippen molar-refractivity contribution < 1.29 is 17.6 Å². The van der Waals surface area contributed by atoms with E-state index >= 15 is 0 Å². The van der Waals surface area contributed by atoms with Gasteiger partial charge in [0.25, 0.3) is 5.91 Å². The second kappa shape index (κ2) is 7.25. The first kappa shape index (κ1) is 19.3. The zero-order chi connectivity index (χ0) is 15.8. The summed E-state index contributed by atoms with van der Waals surface area (Å²) in [4.78, 5) is 13.6.